The van der Waals surface area contributed by atoms with Crippen molar-refractivity contribution in [2.45, 2.75) is 57.8 Å². The van der Waals surface area contributed by atoms with E-state index in [1.165, 1.54) is 11.8 Å². The zero-order chi connectivity index (χ0) is 22.5. The van der Waals surface area contributed by atoms with E-state index in [4.69, 9.17) is 11.6 Å². The highest BCUT2D eigenvalue weighted by Crippen LogP contribution is 2.21. The first-order valence-electron chi connectivity index (χ1n) is 10.6. The highest BCUT2D eigenvalue weighted by molar-refractivity contribution is 7.99. The number of rotatable bonds is 7. The predicted octanol–water partition coefficient (Wildman–Crippen LogP) is 3.32. The Balaban J connectivity index is 1.70. The second-order valence-electron chi connectivity index (χ2n) is 8.33. The number of carbonyl (C=O) groups excluding carboxylic acids is 2. The molecule has 0 aliphatic carbocycles. The van der Waals surface area contributed by atoms with Crippen molar-refractivity contribution in [2.75, 3.05) is 18.8 Å². The standard InChI is InChI=1S/C22H29ClN4O3S/c1-14(2)6-11-27-21(30)18-5-4-16(23)12-19(18)25-22(27)31-13-20(29)24-17-7-9-26(10-8-17)15(3)28/h4-5,12,14,17H,6-11,13H2,1-3H3,(H,24,29). The molecule has 2 aromatic rings. The number of benzene rings is 1. The van der Waals surface area contributed by atoms with Crippen molar-refractivity contribution in [1.29, 1.82) is 0 Å². The van der Waals surface area contributed by atoms with Gasteiger partial charge in [0.15, 0.2) is 5.16 Å². The molecule has 3 rings (SSSR count). The molecule has 0 radical (unpaired) electrons. The SMILES string of the molecule is CC(=O)N1CCC(NC(=O)CSc2nc3cc(Cl)ccc3c(=O)n2CCC(C)C)CC1. The molecule has 1 aliphatic rings. The summed E-state index contributed by atoms with van der Waals surface area (Å²) in [5.41, 5.74) is 0.430. The lowest BCUT2D eigenvalue weighted by molar-refractivity contribution is -0.130. The average Bonchev–Trinajstić information content (AvgIpc) is 2.71. The molecule has 168 valence electrons. The van der Waals surface area contributed by atoms with Crippen LogP contribution >= 0.6 is 23.4 Å². The first kappa shape index (κ1) is 23.6. The van der Waals surface area contributed by atoms with Gasteiger partial charge in [0.2, 0.25) is 11.8 Å². The van der Waals surface area contributed by atoms with Crippen molar-refractivity contribution in [3.8, 4) is 0 Å². The Morgan fingerprint density at radius 3 is 2.65 bits per heavy atom. The Labute approximate surface area is 191 Å². The van der Waals surface area contributed by atoms with Crippen LogP contribution in [0, 0.1) is 5.92 Å². The van der Waals surface area contributed by atoms with Gasteiger partial charge in [-0.3, -0.25) is 19.0 Å². The van der Waals surface area contributed by atoms with Crippen molar-refractivity contribution in [3.63, 3.8) is 0 Å². The van der Waals surface area contributed by atoms with Crippen molar-refractivity contribution >= 4 is 46.1 Å². The van der Waals surface area contributed by atoms with Crippen molar-refractivity contribution in [2.24, 2.45) is 5.92 Å². The molecule has 1 fully saturated rings. The Morgan fingerprint density at radius 1 is 1.29 bits per heavy atom. The Hall–Kier alpha value is -2.06. The quantitative estimate of drug-likeness (QED) is 0.502. The molecular weight excluding hydrogens is 436 g/mol. The number of fused-ring (bicyclic) bond motifs is 1. The summed E-state index contributed by atoms with van der Waals surface area (Å²) >= 11 is 7.36. The number of hydrogen-bond acceptors (Lipinski definition) is 5. The van der Waals surface area contributed by atoms with E-state index in [-0.39, 0.29) is 29.2 Å². The Kier molecular flexibility index (Phi) is 8.00. The fraction of sp³-hybridized carbons (Fsp3) is 0.545. The Morgan fingerprint density at radius 2 is 2.00 bits per heavy atom. The molecule has 9 heteroatoms. The van der Waals surface area contributed by atoms with E-state index < -0.39 is 0 Å². The van der Waals surface area contributed by atoms with Crippen LogP contribution in [0.2, 0.25) is 5.02 Å². The lowest BCUT2D eigenvalue weighted by atomic mass is 10.1. The molecule has 0 unspecified atom stereocenters. The van der Waals surface area contributed by atoms with Gasteiger partial charge in [-0.1, -0.05) is 37.2 Å². The van der Waals surface area contributed by atoms with Gasteiger partial charge in [0.1, 0.15) is 0 Å². The highest BCUT2D eigenvalue weighted by atomic mass is 35.5. The molecule has 1 aliphatic heterocycles. The van der Waals surface area contributed by atoms with Gasteiger partial charge in [0, 0.05) is 37.6 Å². The third kappa shape index (κ3) is 6.23. The molecule has 2 amide bonds. The third-order valence-corrected chi connectivity index (χ3v) is 6.66. The summed E-state index contributed by atoms with van der Waals surface area (Å²) in [5.74, 6) is 0.590. The van der Waals surface area contributed by atoms with Crippen LogP contribution in [-0.4, -0.2) is 51.1 Å². The molecular formula is C22H29ClN4O3S. The molecule has 7 nitrogen and oxygen atoms in total. The zero-order valence-corrected chi connectivity index (χ0v) is 19.8. The monoisotopic (exact) mass is 464 g/mol. The van der Waals surface area contributed by atoms with E-state index in [0.717, 1.165) is 19.3 Å². The smallest absolute Gasteiger partial charge is 0.262 e. The van der Waals surface area contributed by atoms with Gasteiger partial charge in [-0.15, -0.1) is 0 Å². The summed E-state index contributed by atoms with van der Waals surface area (Å²) in [6.45, 7) is 7.66. The number of thioether (sulfide) groups is 1. The molecule has 1 N–H and O–H groups in total. The van der Waals surface area contributed by atoms with Crippen LogP contribution in [-0.2, 0) is 16.1 Å². The highest BCUT2D eigenvalue weighted by Gasteiger charge is 2.22. The molecule has 1 aromatic carbocycles. The summed E-state index contributed by atoms with van der Waals surface area (Å²) in [6, 6.07) is 5.14. The van der Waals surface area contributed by atoms with Gasteiger partial charge in [-0.2, -0.15) is 0 Å². The number of likely N-dealkylation sites (tertiary alicyclic amines) is 1. The van der Waals surface area contributed by atoms with Crippen molar-refractivity contribution < 1.29 is 9.59 Å². The zero-order valence-electron chi connectivity index (χ0n) is 18.2. The number of hydrogen-bond donors (Lipinski definition) is 1. The van der Waals surface area contributed by atoms with E-state index in [9.17, 15) is 14.4 Å². The van der Waals surface area contributed by atoms with Gasteiger partial charge >= 0.3 is 0 Å². The van der Waals surface area contributed by atoms with Crippen LogP contribution in [0.15, 0.2) is 28.2 Å². The fourth-order valence-electron chi connectivity index (χ4n) is 3.61. The van der Waals surface area contributed by atoms with Crippen LogP contribution < -0.4 is 10.9 Å². The lowest BCUT2D eigenvalue weighted by Gasteiger charge is -2.31. The molecule has 31 heavy (non-hydrogen) atoms. The summed E-state index contributed by atoms with van der Waals surface area (Å²) < 4.78 is 1.67. The van der Waals surface area contributed by atoms with Crippen LogP contribution in [0.5, 0.6) is 0 Å². The maximum absolute atomic E-state index is 13.1. The molecule has 1 aromatic heterocycles. The molecule has 0 saturated carbocycles. The first-order chi connectivity index (χ1) is 14.7. The number of aromatic nitrogens is 2. The lowest BCUT2D eigenvalue weighted by Crippen LogP contribution is -2.46. The summed E-state index contributed by atoms with van der Waals surface area (Å²) in [5, 5.41) is 4.62. The molecule has 0 spiro atoms. The first-order valence-corrected chi connectivity index (χ1v) is 12.0. The van der Waals surface area contributed by atoms with Gasteiger partial charge < -0.3 is 10.2 Å². The van der Waals surface area contributed by atoms with E-state index in [1.54, 1.807) is 34.6 Å². The van der Waals surface area contributed by atoms with Crippen LogP contribution in [0.25, 0.3) is 10.9 Å². The van der Waals surface area contributed by atoms with Crippen LogP contribution in [0.3, 0.4) is 0 Å². The van der Waals surface area contributed by atoms with Gasteiger partial charge in [-0.25, -0.2) is 4.98 Å². The number of nitrogens with zero attached hydrogens (tertiary/aromatic N) is 3. The summed E-state index contributed by atoms with van der Waals surface area (Å²) in [7, 11) is 0. The minimum atomic E-state index is -0.109. The largest absolute Gasteiger partial charge is 0.353 e. The number of carbonyl (C=O) groups is 2. The average molecular weight is 465 g/mol. The van der Waals surface area contributed by atoms with Crippen molar-refractivity contribution in [3.05, 3.63) is 33.6 Å². The minimum Gasteiger partial charge on any atom is -0.353 e. The normalized spacial score (nSPS) is 14.9. The van der Waals surface area contributed by atoms with Gasteiger partial charge in [0.05, 0.1) is 16.7 Å². The molecule has 1 saturated heterocycles. The summed E-state index contributed by atoms with van der Waals surface area (Å²) in [6.07, 6.45) is 2.35. The third-order valence-electron chi connectivity index (χ3n) is 5.45. The van der Waals surface area contributed by atoms with Gasteiger partial charge in [0.25, 0.3) is 5.56 Å². The van der Waals surface area contributed by atoms with Gasteiger partial charge in [-0.05, 0) is 43.4 Å². The fourth-order valence-corrected chi connectivity index (χ4v) is 4.61. The number of piperidine rings is 1. The van der Waals surface area contributed by atoms with E-state index in [1.807, 2.05) is 0 Å². The summed E-state index contributed by atoms with van der Waals surface area (Å²) in [4.78, 5) is 43.5. The minimum absolute atomic E-state index is 0.0650. The molecule has 0 bridgehead atoms. The number of halogens is 1. The number of amides is 2. The van der Waals surface area contributed by atoms with Crippen LogP contribution in [0.4, 0.5) is 0 Å². The molecule has 0 atom stereocenters. The molecule has 2 heterocycles. The Bertz CT molecular complexity index is 1020. The maximum Gasteiger partial charge on any atom is 0.262 e. The number of nitrogens with one attached hydrogen (secondary N) is 1. The second-order valence-corrected chi connectivity index (χ2v) is 9.71. The second kappa shape index (κ2) is 10.5. The topological polar surface area (TPSA) is 84.3 Å². The van der Waals surface area contributed by atoms with E-state index >= 15 is 0 Å². The van der Waals surface area contributed by atoms with E-state index in [0.29, 0.717) is 46.6 Å². The maximum atomic E-state index is 13.1. The van der Waals surface area contributed by atoms with Crippen LogP contribution in [0.1, 0.15) is 40.0 Å². The predicted molar refractivity (Wildman–Crippen MR) is 125 cm³/mol. The van der Waals surface area contributed by atoms with Crippen molar-refractivity contribution in [1.82, 2.24) is 19.8 Å². The van der Waals surface area contributed by atoms with E-state index in [2.05, 4.69) is 24.1 Å².